The summed E-state index contributed by atoms with van der Waals surface area (Å²) in [7, 11) is 1.45. The Morgan fingerprint density at radius 2 is 1.77 bits per heavy atom. The van der Waals surface area contributed by atoms with E-state index in [1.165, 1.54) is 29.8 Å². The number of halogens is 4. The van der Waals surface area contributed by atoms with Crippen molar-refractivity contribution < 1.29 is 27.5 Å². The number of nitrogens with two attached hydrogens (primary N) is 1. The fourth-order valence-corrected chi connectivity index (χ4v) is 3.09. The summed E-state index contributed by atoms with van der Waals surface area (Å²) in [6, 6.07) is 4.18. The van der Waals surface area contributed by atoms with Gasteiger partial charge in [0.1, 0.15) is 5.82 Å². The number of likely N-dealkylation sites (tertiary alicyclic amines) is 1. The van der Waals surface area contributed by atoms with E-state index >= 15 is 0 Å². The molecule has 8 nitrogen and oxygen atoms in total. The number of nitrogens with zero attached hydrogens (tertiary/aromatic N) is 3. The molecule has 3 N–H and O–H groups in total. The van der Waals surface area contributed by atoms with E-state index in [1.807, 2.05) is 0 Å². The molecule has 1 aliphatic heterocycles. The molecule has 0 radical (unpaired) electrons. The number of carboxylic acids is 1. The van der Waals surface area contributed by atoms with Crippen LogP contribution in [-0.2, 0) is 18.4 Å². The molecule has 1 fully saturated rings. The summed E-state index contributed by atoms with van der Waals surface area (Å²) < 4.78 is 47.9. The number of aromatic nitrogens is 2. The lowest BCUT2D eigenvalue weighted by molar-refractivity contribution is -0.192. The standard InChI is InChI=1S/C16H21FN4O2.C2HF3O2/c1-19-15(22)13-3-2-11(17)10-14(13)21(16(19)23)9-8-20-6-4-12(18)5-7-20;3-2(4,5)1(6)7/h2-3,10,12H,4-9,18H2,1H3;(H,6,7). The van der Waals surface area contributed by atoms with Gasteiger partial charge >= 0.3 is 17.8 Å². The number of alkyl halides is 3. The SMILES string of the molecule is Cn1c(=O)c2ccc(F)cc2n(CCN2CCC(N)CC2)c1=O.O=C(O)C(F)(F)F. The molecule has 1 saturated heterocycles. The zero-order chi connectivity index (χ0) is 22.6. The Morgan fingerprint density at radius 3 is 2.30 bits per heavy atom. The molecule has 12 heteroatoms. The van der Waals surface area contributed by atoms with Crippen LogP contribution in [0.3, 0.4) is 0 Å². The van der Waals surface area contributed by atoms with E-state index in [2.05, 4.69) is 4.90 Å². The lowest BCUT2D eigenvalue weighted by Gasteiger charge is -2.30. The number of hydrogen-bond donors (Lipinski definition) is 2. The first-order valence-electron chi connectivity index (χ1n) is 9.09. The molecule has 30 heavy (non-hydrogen) atoms. The Labute approximate surface area is 168 Å². The van der Waals surface area contributed by atoms with Crippen molar-refractivity contribution in [2.75, 3.05) is 19.6 Å². The smallest absolute Gasteiger partial charge is 0.475 e. The average Bonchev–Trinajstić information content (AvgIpc) is 2.67. The van der Waals surface area contributed by atoms with E-state index in [4.69, 9.17) is 15.6 Å². The van der Waals surface area contributed by atoms with Gasteiger partial charge in [0.25, 0.3) is 5.56 Å². The molecule has 1 aliphatic rings. The van der Waals surface area contributed by atoms with Crippen LogP contribution in [0.4, 0.5) is 17.6 Å². The van der Waals surface area contributed by atoms with Crippen LogP contribution in [0.5, 0.6) is 0 Å². The first kappa shape index (κ1) is 23.5. The van der Waals surface area contributed by atoms with Crippen molar-refractivity contribution in [3.05, 3.63) is 44.9 Å². The lowest BCUT2D eigenvalue weighted by Crippen LogP contribution is -2.43. The second-order valence-electron chi connectivity index (χ2n) is 6.94. The van der Waals surface area contributed by atoms with Crippen molar-refractivity contribution in [3.63, 3.8) is 0 Å². The summed E-state index contributed by atoms with van der Waals surface area (Å²) in [6.45, 7) is 2.89. The van der Waals surface area contributed by atoms with E-state index in [-0.39, 0.29) is 6.04 Å². The van der Waals surface area contributed by atoms with Gasteiger partial charge < -0.3 is 15.7 Å². The number of carboxylic acid groups (broad SMARTS) is 1. The molecule has 0 spiro atoms. The fourth-order valence-electron chi connectivity index (χ4n) is 3.09. The predicted octanol–water partition coefficient (Wildman–Crippen LogP) is 0.896. The Balaban J connectivity index is 0.000000396. The Morgan fingerprint density at radius 1 is 1.20 bits per heavy atom. The summed E-state index contributed by atoms with van der Waals surface area (Å²) in [6.07, 6.45) is -3.20. The second kappa shape index (κ2) is 9.39. The molecule has 2 aromatic rings. The minimum absolute atomic E-state index is 0.251. The third-order valence-corrected chi connectivity index (χ3v) is 4.82. The molecule has 0 aliphatic carbocycles. The Kier molecular flexibility index (Phi) is 7.37. The highest BCUT2D eigenvalue weighted by Gasteiger charge is 2.38. The first-order valence-corrected chi connectivity index (χ1v) is 9.09. The topological polar surface area (TPSA) is 111 Å². The minimum Gasteiger partial charge on any atom is -0.475 e. The van der Waals surface area contributed by atoms with Crippen LogP contribution < -0.4 is 17.0 Å². The summed E-state index contributed by atoms with van der Waals surface area (Å²) in [5.41, 5.74) is 5.43. The van der Waals surface area contributed by atoms with Crippen molar-refractivity contribution in [3.8, 4) is 0 Å². The van der Waals surface area contributed by atoms with E-state index in [9.17, 15) is 27.2 Å². The van der Waals surface area contributed by atoms with Gasteiger partial charge in [0.15, 0.2) is 0 Å². The molecule has 0 unspecified atom stereocenters. The fraction of sp³-hybridized carbons (Fsp3) is 0.500. The first-order chi connectivity index (χ1) is 13.9. The van der Waals surface area contributed by atoms with Crippen LogP contribution in [-0.4, -0.2) is 57.0 Å². The van der Waals surface area contributed by atoms with Gasteiger partial charge in [-0.25, -0.2) is 14.0 Å². The average molecular weight is 434 g/mol. The molecule has 0 atom stereocenters. The van der Waals surface area contributed by atoms with Crippen LogP contribution in [0.25, 0.3) is 10.9 Å². The van der Waals surface area contributed by atoms with Crippen molar-refractivity contribution in [1.29, 1.82) is 0 Å². The highest BCUT2D eigenvalue weighted by atomic mass is 19.4. The van der Waals surface area contributed by atoms with Crippen molar-refractivity contribution in [2.45, 2.75) is 31.6 Å². The van der Waals surface area contributed by atoms with Gasteiger partial charge in [-0.2, -0.15) is 13.2 Å². The molecule has 1 aromatic heterocycles. The zero-order valence-corrected chi connectivity index (χ0v) is 16.2. The molecular weight excluding hydrogens is 412 g/mol. The number of aliphatic carboxylic acids is 1. The van der Waals surface area contributed by atoms with Crippen LogP contribution in [0, 0.1) is 5.82 Å². The Hall–Kier alpha value is -2.73. The maximum atomic E-state index is 13.6. The summed E-state index contributed by atoms with van der Waals surface area (Å²) in [4.78, 5) is 35.7. The highest BCUT2D eigenvalue weighted by molar-refractivity contribution is 5.78. The number of carbonyl (C=O) groups is 1. The molecule has 2 heterocycles. The third-order valence-electron chi connectivity index (χ3n) is 4.82. The van der Waals surface area contributed by atoms with E-state index in [1.54, 1.807) is 0 Å². The lowest BCUT2D eigenvalue weighted by atomic mass is 10.1. The zero-order valence-electron chi connectivity index (χ0n) is 16.2. The van der Waals surface area contributed by atoms with Gasteiger partial charge in [0, 0.05) is 26.2 Å². The largest absolute Gasteiger partial charge is 0.490 e. The second-order valence-corrected chi connectivity index (χ2v) is 6.94. The Bertz CT molecular complexity index is 1020. The molecule has 3 rings (SSSR count). The highest BCUT2D eigenvalue weighted by Crippen LogP contribution is 2.13. The number of benzene rings is 1. The summed E-state index contributed by atoms with van der Waals surface area (Å²) in [5.74, 6) is -3.21. The molecule has 0 saturated carbocycles. The number of hydrogen-bond acceptors (Lipinski definition) is 5. The maximum absolute atomic E-state index is 13.6. The van der Waals surface area contributed by atoms with Crippen LogP contribution in [0.2, 0.25) is 0 Å². The van der Waals surface area contributed by atoms with Gasteiger partial charge in [-0.05, 0) is 44.1 Å². The molecule has 166 valence electrons. The van der Waals surface area contributed by atoms with Crippen LogP contribution in [0.15, 0.2) is 27.8 Å². The van der Waals surface area contributed by atoms with Crippen molar-refractivity contribution in [2.24, 2.45) is 12.8 Å². The van der Waals surface area contributed by atoms with Gasteiger partial charge in [-0.1, -0.05) is 0 Å². The van der Waals surface area contributed by atoms with E-state index < -0.39 is 29.2 Å². The number of rotatable bonds is 3. The molecule has 0 bridgehead atoms. The number of fused-ring (bicyclic) bond motifs is 1. The van der Waals surface area contributed by atoms with Crippen molar-refractivity contribution in [1.82, 2.24) is 14.0 Å². The molecule has 0 amide bonds. The van der Waals surface area contributed by atoms with Crippen LogP contribution >= 0.6 is 0 Å². The predicted molar refractivity (Wildman–Crippen MR) is 101 cm³/mol. The molecular formula is C18H22F4N4O4. The van der Waals surface area contributed by atoms with Crippen LogP contribution in [0.1, 0.15) is 12.8 Å². The van der Waals surface area contributed by atoms with E-state index in [0.29, 0.717) is 24.0 Å². The summed E-state index contributed by atoms with van der Waals surface area (Å²) >= 11 is 0. The normalized spacial score (nSPS) is 15.7. The van der Waals surface area contributed by atoms with Crippen molar-refractivity contribution >= 4 is 16.9 Å². The maximum Gasteiger partial charge on any atom is 0.490 e. The monoisotopic (exact) mass is 434 g/mol. The van der Waals surface area contributed by atoms with Gasteiger partial charge in [-0.3, -0.25) is 13.9 Å². The molecule has 1 aromatic carbocycles. The third kappa shape index (κ3) is 5.66. The van der Waals surface area contributed by atoms with E-state index in [0.717, 1.165) is 30.5 Å². The van der Waals surface area contributed by atoms with Gasteiger partial charge in [0.05, 0.1) is 10.9 Å². The number of piperidine rings is 1. The summed E-state index contributed by atoms with van der Waals surface area (Å²) in [5, 5.41) is 7.48. The minimum atomic E-state index is -5.08. The quantitative estimate of drug-likeness (QED) is 0.695. The van der Waals surface area contributed by atoms with Gasteiger partial charge in [0.2, 0.25) is 0 Å². The van der Waals surface area contributed by atoms with Gasteiger partial charge in [-0.15, -0.1) is 0 Å².